The van der Waals surface area contributed by atoms with Crippen molar-refractivity contribution in [1.82, 2.24) is 0 Å². The zero-order valence-electron chi connectivity index (χ0n) is 7.77. The first kappa shape index (κ1) is 11.2. The molecular weight excluding hydrogens is 252 g/mol. The number of aliphatic imine (C=N–C) groups is 2. The highest BCUT2D eigenvalue weighted by molar-refractivity contribution is 8.40. The molecule has 0 unspecified atom stereocenters. The Labute approximate surface area is 102 Å². The van der Waals surface area contributed by atoms with Crippen molar-refractivity contribution in [3.63, 3.8) is 0 Å². The highest BCUT2D eigenvalue weighted by Gasteiger charge is 2.09. The maximum absolute atomic E-state index is 4.40. The SMILES string of the molecule is C1CSC(SCCSC2=NCCS2)=N1. The lowest BCUT2D eigenvalue weighted by molar-refractivity contribution is 1.18. The van der Waals surface area contributed by atoms with Crippen molar-refractivity contribution in [3.8, 4) is 0 Å². The summed E-state index contributed by atoms with van der Waals surface area (Å²) in [5.41, 5.74) is 0. The summed E-state index contributed by atoms with van der Waals surface area (Å²) in [5, 5.41) is 0. The molecule has 0 aromatic rings. The third-order valence-corrected chi connectivity index (χ3v) is 6.42. The minimum atomic E-state index is 1.02. The number of hydrogen-bond acceptors (Lipinski definition) is 6. The number of thioether (sulfide) groups is 4. The molecule has 2 rings (SSSR count). The van der Waals surface area contributed by atoms with Gasteiger partial charge in [-0.25, -0.2) is 0 Å². The fraction of sp³-hybridized carbons (Fsp3) is 0.750. The first-order valence-electron chi connectivity index (χ1n) is 4.55. The Balaban J connectivity index is 1.54. The van der Waals surface area contributed by atoms with E-state index in [0.717, 1.165) is 24.6 Å². The van der Waals surface area contributed by atoms with Crippen molar-refractivity contribution in [2.24, 2.45) is 9.98 Å². The summed E-state index contributed by atoms with van der Waals surface area (Å²) in [6.07, 6.45) is 0. The molecule has 0 aromatic heterocycles. The van der Waals surface area contributed by atoms with Crippen LogP contribution in [0.15, 0.2) is 9.98 Å². The molecule has 2 nitrogen and oxygen atoms in total. The molecule has 0 N–H and O–H groups in total. The zero-order chi connectivity index (χ0) is 9.64. The first-order valence-corrected chi connectivity index (χ1v) is 8.49. The third kappa shape index (κ3) is 3.72. The van der Waals surface area contributed by atoms with E-state index >= 15 is 0 Å². The molecule has 0 aromatic carbocycles. The van der Waals surface area contributed by atoms with E-state index < -0.39 is 0 Å². The second kappa shape index (κ2) is 6.35. The molecule has 6 heteroatoms. The van der Waals surface area contributed by atoms with Crippen LogP contribution >= 0.6 is 47.0 Å². The Bertz CT molecular complexity index is 226. The molecule has 0 aliphatic carbocycles. The van der Waals surface area contributed by atoms with Gasteiger partial charge in [-0.2, -0.15) is 0 Å². The highest BCUT2D eigenvalue weighted by Crippen LogP contribution is 2.25. The predicted octanol–water partition coefficient (Wildman–Crippen LogP) is 2.66. The third-order valence-electron chi connectivity index (χ3n) is 1.65. The van der Waals surface area contributed by atoms with Crippen molar-refractivity contribution in [3.05, 3.63) is 0 Å². The van der Waals surface area contributed by atoms with Crippen LogP contribution in [-0.4, -0.2) is 44.9 Å². The van der Waals surface area contributed by atoms with E-state index in [4.69, 9.17) is 0 Å². The Morgan fingerprint density at radius 2 is 1.43 bits per heavy atom. The summed E-state index contributed by atoms with van der Waals surface area (Å²) in [6.45, 7) is 2.03. The molecular formula is C8H12N2S4. The van der Waals surface area contributed by atoms with Gasteiger partial charge in [-0.1, -0.05) is 47.0 Å². The van der Waals surface area contributed by atoms with Crippen LogP contribution in [0.3, 0.4) is 0 Å². The van der Waals surface area contributed by atoms with Crippen LogP contribution in [0.4, 0.5) is 0 Å². The van der Waals surface area contributed by atoms with Crippen molar-refractivity contribution in [2.75, 3.05) is 36.1 Å². The van der Waals surface area contributed by atoms with Crippen LogP contribution in [0.25, 0.3) is 0 Å². The van der Waals surface area contributed by atoms with E-state index in [1.165, 1.54) is 20.3 Å². The van der Waals surface area contributed by atoms with Gasteiger partial charge < -0.3 is 0 Å². The number of rotatable bonds is 3. The summed E-state index contributed by atoms with van der Waals surface area (Å²) < 4.78 is 2.57. The standard InChI is InChI=1S/C8H12N2S4/c1-3-11-7(9-1)13-5-6-14-8-10-2-4-12-8/h1-6H2. The van der Waals surface area contributed by atoms with Crippen LogP contribution in [0.1, 0.15) is 0 Å². The highest BCUT2D eigenvalue weighted by atomic mass is 32.2. The second-order valence-electron chi connectivity index (χ2n) is 2.69. The summed E-state index contributed by atoms with van der Waals surface area (Å²) >= 11 is 7.58. The van der Waals surface area contributed by atoms with E-state index in [9.17, 15) is 0 Å². The Morgan fingerprint density at radius 3 is 1.79 bits per heavy atom. The first-order chi connectivity index (χ1) is 6.95. The average Bonchev–Trinajstić information content (AvgIpc) is 2.86. The van der Waals surface area contributed by atoms with E-state index in [2.05, 4.69) is 9.98 Å². The molecule has 2 aliphatic heterocycles. The Hall–Kier alpha value is 0.740. The molecule has 14 heavy (non-hydrogen) atoms. The fourth-order valence-corrected chi connectivity index (χ4v) is 5.19. The van der Waals surface area contributed by atoms with Gasteiger partial charge in [-0.3, -0.25) is 9.98 Å². The average molecular weight is 264 g/mol. The summed E-state index contributed by atoms with van der Waals surface area (Å²) in [6, 6.07) is 0. The van der Waals surface area contributed by atoms with Gasteiger partial charge in [0.1, 0.15) is 8.75 Å². The van der Waals surface area contributed by atoms with Gasteiger partial charge in [0.05, 0.1) is 13.1 Å². The van der Waals surface area contributed by atoms with Crippen LogP contribution in [0, 0.1) is 0 Å². The summed E-state index contributed by atoms with van der Waals surface area (Å²) in [4.78, 5) is 8.81. The van der Waals surface area contributed by atoms with Gasteiger partial charge in [-0.15, -0.1) is 0 Å². The molecule has 0 fully saturated rings. The molecule has 2 aliphatic rings. The lowest BCUT2D eigenvalue weighted by Gasteiger charge is -1.99. The van der Waals surface area contributed by atoms with Crippen LogP contribution in [0.2, 0.25) is 0 Å². The lowest BCUT2D eigenvalue weighted by atomic mass is 10.8. The van der Waals surface area contributed by atoms with Crippen LogP contribution in [0.5, 0.6) is 0 Å². The second-order valence-corrected chi connectivity index (χ2v) is 7.54. The molecule has 0 saturated carbocycles. The van der Waals surface area contributed by atoms with Gasteiger partial charge in [-0.05, 0) is 0 Å². The van der Waals surface area contributed by atoms with Gasteiger partial charge in [0.25, 0.3) is 0 Å². The topological polar surface area (TPSA) is 24.7 Å². The lowest BCUT2D eigenvalue weighted by Crippen LogP contribution is -1.91. The van der Waals surface area contributed by atoms with Gasteiger partial charge >= 0.3 is 0 Å². The molecule has 0 atom stereocenters. The summed E-state index contributed by atoms with van der Waals surface area (Å²) in [7, 11) is 0. The molecule has 0 amide bonds. The molecule has 0 radical (unpaired) electrons. The van der Waals surface area contributed by atoms with E-state index in [1.54, 1.807) is 0 Å². The Morgan fingerprint density at radius 1 is 0.929 bits per heavy atom. The molecule has 2 heterocycles. The van der Waals surface area contributed by atoms with Crippen molar-refractivity contribution >= 4 is 55.8 Å². The summed E-state index contributed by atoms with van der Waals surface area (Å²) in [5.74, 6) is 4.68. The van der Waals surface area contributed by atoms with Crippen molar-refractivity contribution in [2.45, 2.75) is 0 Å². The minimum absolute atomic E-state index is 1.02. The van der Waals surface area contributed by atoms with Crippen molar-refractivity contribution < 1.29 is 0 Å². The largest absolute Gasteiger partial charge is 0.271 e. The molecule has 78 valence electrons. The van der Waals surface area contributed by atoms with Gasteiger partial charge in [0, 0.05) is 23.0 Å². The molecule has 0 spiro atoms. The fourth-order valence-electron chi connectivity index (χ4n) is 1.06. The maximum Gasteiger partial charge on any atom is 0.124 e. The Kier molecular flexibility index (Phi) is 5.09. The quantitative estimate of drug-likeness (QED) is 0.732. The van der Waals surface area contributed by atoms with Crippen LogP contribution < -0.4 is 0 Å². The van der Waals surface area contributed by atoms with E-state index in [1.807, 2.05) is 47.0 Å². The van der Waals surface area contributed by atoms with Gasteiger partial charge in [0.15, 0.2) is 0 Å². The van der Waals surface area contributed by atoms with Crippen molar-refractivity contribution in [1.29, 1.82) is 0 Å². The van der Waals surface area contributed by atoms with E-state index in [-0.39, 0.29) is 0 Å². The number of hydrogen-bond donors (Lipinski definition) is 0. The molecule has 0 bridgehead atoms. The maximum atomic E-state index is 4.40. The van der Waals surface area contributed by atoms with Gasteiger partial charge in [0.2, 0.25) is 0 Å². The zero-order valence-corrected chi connectivity index (χ0v) is 11.0. The normalized spacial score (nSPS) is 21.1. The minimum Gasteiger partial charge on any atom is -0.271 e. The number of nitrogens with zero attached hydrogens (tertiary/aromatic N) is 2. The smallest absolute Gasteiger partial charge is 0.124 e. The predicted molar refractivity (Wildman–Crippen MR) is 74.4 cm³/mol. The monoisotopic (exact) mass is 264 g/mol. The van der Waals surface area contributed by atoms with Crippen LogP contribution in [-0.2, 0) is 0 Å². The molecule has 0 saturated heterocycles. The van der Waals surface area contributed by atoms with E-state index in [0.29, 0.717) is 0 Å².